The molecule has 20 heavy (non-hydrogen) atoms. The van der Waals surface area contributed by atoms with E-state index in [0.717, 1.165) is 34.7 Å². The first-order chi connectivity index (χ1) is 9.83. The average molecular weight is 264 g/mol. The molecule has 0 atom stereocenters. The molecule has 1 aromatic heterocycles. The van der Waals surface area contributed by atoms with Crippen LogP contribution in [0.25, 0.3) is 22.4 Å². The number of imidazole rings is 1. The molecule has 0 unspecified atom stereocenters. The molecule has 1 heterocycles. The topological polar surface area (TPSA) is 27.1 Å². The number of benzene rings is 2. The Labute approximate surface area is 118 Å². The second-order valence-electron chi connectivity index (χ2n) is 4.56. The fourth-order valence-corrected chi connectivity index (χ4v) is 2.36. The molecule has 0 aliphatic rings. The molecule has 3 rings (SSSR count). The van der Waals surface area contributed by atoms with E-state index in [1.807, 2.05) is 42.5 Å². The van der Waals surface area contributed by atoms with E-state index in [2.05, 4.69) is 23.3 Å². The highest BCUT2D eigenvalue weighted by atomic mass is 16.5. The Morgan fingerprint density at radius 1 is 1.20 bits per heavy atom. The van der Waals surface area contributed by atoms with Crippen molar-refractivity contribution in [1.29, 1.82) is 0 Å². The zero-order chi connectivity index (χ0) is 13.9. The second-order valence-corrected chi connectivity index (χ2v) is 4.56. The van der Waals surface area contributed by atoms with Gasteiger partial charge in [-0.05, 0) is 12.1 Å². The van der Waals surface area contributed by atoms with Crippen LogP contribution in [0, 0.1) is 0 Å². The third kappa shape index (κ3) is 2.07. The number of rotatable bonds is 4. The minimum Gasteiger partial charge on any atom is -0.497 e. The van der Waals surface area contributed by atoms with Gasteiger partial charge in [-0.2, -0.15) is 0 Å². The fourth-order valence-electron chi connectivity index (χ4n) is 2.36. The van der Waals surface area contributed by atoms with Crippen LogP contribution < -0.4 is 4.74 Å². The highest BCUT2D eigenvalue weighted by molar-refractivity contribution is 5.82. The maximum Gasteiger partial charge on any atom is 0.141 e. The number of aromatic nitrogens is 2. The summed E-state index contributed by atoms with van der Waals surface area (Å²) < 4.78 is 7.43. The Morgan fingerprint density at radius 2 is 2.00 bits per heavy atom. The largest absolute Gasteiger partial charge is 0.497 e. The molecule has 100 valence electrons. The number of allylic oxidation sites excluding steroid dienone is 1. The molecule has 0 radical (unpaired) electrons. The molecule has 0 bridgehead atoms. The van der Waals surface area contributed by atoms with Crippen molar-refractivity contribution in [3.8, 4) is 17.1 Å². The van der Waals surface area contributed by atoms with Crippen LogP contribution in [0.1, 0.15) is 0 Å². The zero-order valence-corrected chi connectivity index (χ0v) is 11.4. The number of hydrogen-bond donors (Lipinski definition) is 0. The second kappa shape index (κ2) is 5.21. The van der Waals surface area contributed by atoms with E-state index < -0.39 is 0 Å². The summed E-state index contributed by atoms with van der Waals surface area (Å²) in [6, 6.07) is 16.1. The Kier molecular flexibility index (Phi) is 3.25. The molecule has 3 aromatic rings. The van der Waals surface area contributed by atoms with Gasteiger partial charge in [0.2, 0.25) is 0 Å². The monoisotopic (exact) mass is 264 g/mol. The Hall–Kier alpha value is -2.55. The van der Waals surface area contributed by atoms with Crippen LogP contribution >= 0.6 is 0 Å². The third-order valence-electron chi connectivity index (χ3n) is 3.30. The van der Waals surface area contributed by atoms with Crippen molar-refractivity contribution < 1.29 is 4.74 Å². The van der Waals surface area contributed by atoms with Crippen LogP contribution in [0.15, 0.2) is 61.2 Å². The number of methoxy groups -OCH3 is 1. The summed E-state index contributed by atoms with van der Waals surface area (Å²) in [6.07, 6.45) is 1.89. The molecule has 3 heteroatoms. The highest BCUT2D eigenvalue weighted by Crippen LogP contribution is 2.27. The summed E-state index contributed by atoms with van der Waals surface area (Å²) in [5.41, 5.74) is 3.12. The predicted octanol–water partition coefficient (Wildman–Crippen LogP) is 3.90. The van der Waals surface area contributed by atoms with E-state index in [1.54, 1.807) is 7.11 Å². The summed E-state index contributed by atoms with van der Waals surface area (Å²) in [7, 11) is 1.67. The summed E-state index contributed by atoms with van der Waals surface area (Å²) >= 11 is 0. The minimum absolute atomic E-state index is 0.729. The summed E-state index contributed by atoms with van der Waals surface area (Å²) in [5, 5.41) is 0. The quantitative estimate of drug-likeness (QED) is 0.668. The zero-order valence-electron chi connectivity index (χ0n) is 11.4. The first-order valence-corrected chi connectivity index (χ1v) is 6.54. The van der Waals surface area contributed by atoms with Crippen LogP contribution in [0.5, 0.6) is 5.75 Å². The standard InChI is InChI=1S/C17H16N2O/c1-3-11-19-16-10-9-14(20-2)12-15(16)18-17(19)13-7-5-4-6-8-13/h3-10,12H,1,11H2,2H3. The van der Waals surface area contributed by atoms with Crippen LogP contribution in [-0.4, -0.2) is 16.7 Å². The first kappa shape index (κ1) is 12.5. The lowest BCUT2D eigenvalue weighted by Gasteiger charge is -2.06. The first-order valence-electron chi connectivity index (χ1n) is 6.54. The maximum atomic E-state index is 5.27. The van der Waals surface area contributed by atoms with E-state index in [1.165, 1.54) is 0 Å². The van der Waals surface area contributed by atoms with Gasteiger partial charge in [0.1, 0.15) is 11.6 Å². The van der Waals surface area contributed by atoms with Crippen molar-refractivity contribution in [3.05, 3.63) is 61.2 Å². The molecule has 0 saturated heterocycles. The van der Waals surface area contributed by atoms with Crippen LogP contribution in [0.2, 0.25) is 0 Å². The van der Waals surface area contributed by atoms with E-state index >= 15 is 0 Å². The molecule has 0 aliphatic carbocycles. The smallest absolute Gasteiger partial charge is 0.141 e. The molecule has 2 aromatic carbocycles. The molecule has 0 fully saturated rings. The van der Waals surface area contributed by atoms with E-state index in [4.69, 9.17) is 9.72 Å². The van der Waals surface area contributed by atoms with E-state index in [0.29, 0.717) is 0 Å². The van der Waals surface area contributed by atoms with Gasteiger partial charge in [0.15, 0.2) is 0 Å². The van der Waals surface area contributed by atoms with Gasteiger partial charge in [-0.25, -0.2) is 4.98 Å². The maximum absolute atomic E-state index is 5.27. The normalized spacial score (nSPS) is 10.7. The lowest BCUT2D eigenvalue weighted by molar-refractivity contribution is 0.415. The van der Waals surface area contributed by atoms with Crippen LogP contribution in [0.4, 0.5) is 0 Å². The van der Waals surface area contributed by atoms with Crippen molar-refractivity contribution in [3.63, 3.8) is 0 Å². The van der Waals surface area contributed by atoms with E-state index in [9.17, 15) is 0 Å². The minimum atomic E-state index is 0.729. The third-order valence-corrected chi connectivity index (χ3v) is 3.30. The van der Waals surface area contributed by atoms with Gasteiger partial charge in [0.05, 0.1) is 18.1 Å². The highest BCUT2D eigenvalue weighted by Gasteiger charge is 2.12. The van der Waals surface area contributed by atoms with Crippen molar-refractivity contribution >= 4 is 11.0 Å². The summed E-state index contributed by atoms with van der Waals surface area (Å²) in [5.74, 6) is 1.77. The van der Waals surface area contributed by atoms with Gasteiger partial charge in [-0.1, -0.05) is 36.4 Å². The molecular formula is C17H16N2O. The molecular weight excluding hydrogens is 248 g/mol. The van der Waals surface area contributed by atoms with Crippen molar-refractivity contribution in [1.82, 2.24) is 9.55 Å². The Morgan fingerprint density at radius 3 is 2.70 bits per heavy atom. The lowest BCUT2D eigenvalue weighted by atomic mass is 10.2. The fraction of sp³-hybridized carbons (Fsp3) is 0.118. The molecule has 0 spiro atoms. The Bertz CT molecular complexity index is 744. The van der Waals surface area contributed by atoms with Crippen LogP contribution in [0.3, 0.4) is 0 Å². The van der Waals surface area contributed by atoms with E-state index in [-0.39, 0.29) is 0 Å². The number of fused-ring (bicyclic) bond motifs is 1. The predicted molar refractivity (Wildman–Crippen MR) is 81.9 cm³/mol. The summed E-state index contributed by atoms with van der Waals surface area (Å²) in [6.45, 7) is 4.57. The van der Waals surface area contributed by atoms with Gasteiger partial charge in [0, 0.05) is 18.2 Å². The van der Waals surface area contributed by atoms with Gasteiger partial charge in [0.25, 0.3) is 0 Å². The Balaban J connectivity index is 2.25. The van der Waals surface area contributed by atoms with Gasteiger partial charge < -0.3 is 9.30 Å². The molecule has 0 amide bonds. The van der Waals surface area contributed by atoms with Crippen molar-refractivity contribution in [2.45, 2.75) is 6.54 Å². The number of hydrogen-bond acceptors (Lipinski definition) is 2. The SMILES string of the molecule is C=CCn1c(-c2ccccc2)nc2cc(OC)ccc21. The van der Waals surface area contributed by atoms with Gasteiger partial charge in [-0.15, -0.1) is 6.58 Å². The molecule has 3 nitrogen and oxygen atoms in total. The number of nitrogens with zero attached hydrogens (tertiary/aromatic N) is 2. The van der Waals surface area contributed by atoms with Gasteiger partial charge >= 0.3 is 0 Å². The molecule has 0 N–H and O–H groups in total. The van der Waals surface area contributed by atoms with Crippen LogP contribution in [-0.2, 0) is 6.54 Å². The lowest BCUT2D eigenvalue weighted by Crippen LogP contribution is -1.98. The van der Waals surface area contributed by atoms with Crippen molar-refractivity contribution in [2.75, 3.05) is 7.11 Å². The number of ether oxygens (including phenoxy) is 1. The summed E-state index contributed by atoms with van der Waals surface area (Å²) in [4.78, 5) is 4.75. The van der Waals surface area contributed by atoms with Crippen molar-refractivity contribution in [2.24, 2.45) is 0 Å². The molecule has 0 aliphatic heterocycles. The van der Waals surface area contributed by atoms with Gasteiger partial charge in [-0.3, -0.25) is 0 Å². The molecule has 0 saturated carbocycles. The average Bonchev–Trinajstić information content (AvgIpc) is 2.86.